The average molecular weight is 175 g/mol. The molecule has 0 rings (SSSR count). The van der Waals surface area contributed by atoms with E-state index in [1.807, 2.05) is 0 Å². The van der Waals surface area contributed by atoms with Gasteiger partial charge in [-0.25, -0.2) is 13.6 Å². The number of hydrogen-bond donors (Lipinski definition) is 2. The molecule has 0 aliphatic heterocycles. The SMILES string of the molecule is C[C@H](CN)S(N)(=O)=O.Cl. The molecule has 6 heteroatoms. The lowest BCUT2D eigenvalue weighted by atomic mass is 10.5. The van der Waals surface area contributed by atoms with Crippen LogP contribution in [-0.2, 0) is 10.0 Å². The Bertz CT molecular complexity index is 155. The molecular formula is C3H11ClN2O2S. The number of hydrogen-bond acceptors (Lipinski definition) is 3. The van der Waals surface area contributed by atoms with Gasteiger partial charge < -0.3 is 5.73 Å². The van der Waals surface area contributed by atoms with Crippen LogP contribution in [0.3, 0.4) is 0 Å². The van der Waals surface area contributed by atoms with Gasteiger partial charge in [0.1, 0.15) is 0 Å². The molecule has 0 radical (unpaired) electrons. The van der Waals surface area contributed by atoms with Gasteiger partial charge in [-0.05, 0) is 6.92 Å². The van der Waals surface area contributed by atoms with Crippen molar-refractivity contribution in [3.8, 4) is 0 Å². The summed E-state index contributed by atoms with van der Waals surface area (Å²) in [4.78, 5) is 0. The summed E-state index contributed by atoms with van der Waals surface area (Å²) < 4.78 is 20.5. The van der Waals surface area contributed by atoms with Gasteiger partial charge in [-0.2, -0.15) is 0 Å². The Labute approximate surface area is 61.1 Å². The summed E-state index contributed by atoms with van der Waals surface area (Å²) in [6.07, 6.45) is 0. The normalized spacial score (nSPS) is 14.1. The van der Waals surface area contributed by atoms with Gasteiger partial charge in [0, 0.05) is 6.54 Å². The Morgan fingerprint density at radius 3 is 1.89 bits per heavy atom. The Kier molecular flexibility index (Phi) is 5.36. The molecule has 0 aliphatic carbocycles. The predicted octanol–water partition coefficient (Wildman–Crippen LogP) is -0.956. The summed E-state index contributed by atoms with van der Waals surface area (Å²) in [6.45, 7) is 1.55. The molecule has 0 aromatic rings. The molecule has 0 aromatic heterocycles. The van der Waals surface area contributed by atoms with Crippen LogP contribution in [0.2, 0.25) is 0 Å². The minimum Gasteiger partial charge on any atom is -0.329 e. The monoisotopic (exact) mass is 174 g/mol. The molecule has 0 saturated carbocycles. The zero-order valence-corrected chi connectivity index (χ0v) is 6.71. The van der Waals surface area contributed by atoms with Crippen LogP contribution < -0.4 is 10.9 Å². The van der Waals surface area contributed by atoms with Crippen LogP contribution >= 0.6 is 12.4 Å². The van der Waals surface area contributed by atoms with Crippen molar-refractivity contribution >= 4 is 22.4 Å². The lowest BCUT2D eigenvalue weighted by Gasteiger charge is -2.02. The van der Waals surface area contributed by atoms with Crippen LogP contribution in [0, 0.1) is 0 Å². The van der Waals surface area contributed by atoms with Crippen molar-refractivity contribution < 1.29 is 8.42 Å². The van der Waals surface area contributed by atoms with Crippen molar-refractivity contribution in [3.05, 3.63) is 0 Å². The highest BCUT2D eigenvalue weighted by atomic mass is 35.5. The second-order valence-electron chi connectivity index (χ2n) is 1.64. The standard InChI is InChI=1S/C3H10N2O2S.ClH/c1-3(2-4)8(5,6)7;/h3H,2,4H2,1H3,(H2,5,6,7);1H/t3-;/m1./s1. The highest BCUT2D eigenvalue weighted by molar-refractivity contribution is 7.89. The summed E-state index contributed by atoms with van der Waals surface area (Å²) in [7, 11) is -3.38. The quantitative estimate of drug-likeness (QED) is 0.566. The van der Waals surface area contributed by atoms with Crippen molar-refractivity contribution in [1.82, 2.24) is 0 Å². The fraction of sp³-hybridized carbons (Fsp3) is 1.00. The third-order valence-electron chi connectivity index (χ3n) is 0.893. The molecule has 0 amide bonds. The van der Waals surface area contributed by atoms with E-state index in [-0.39, 0.29) is 19.0 Å². The Hall–Kier alpha value is 0.160. The lowest BCUT2D eigenvalue weighted by Crippen LogP contribution is -2.32. The number of rotatable bonds is 2. The van der Waals surface area contributed by atoms with E-state index >= 15 is 0 Å². The van der Waals surface area contributed by atoms with Crippen molar-refractivity contribution in [3.63, 3.8) is 0 Å². The van der Waals surface area contributed by atoms with E-state index in [0.29, 0.717) is 0 Å². The zero-order chi connectivity index (χ0) is 6.78. The highest BCUT2D eigenvalue weighted by Crippen LogP contribution is 1.88. The molecule has 0 unspecified atom stereocenters. The van der Waals surface area contributed by atoms with Crippen LogP contribution in [0.25, 0.3) is 0 Å². The predicted molar refractivity (Wildman–Crippen MR) is 38.9 cm³/mol. The molecule has 4 N–H and O–H groups in total. The van der Waals surface area contributed by atoms with Crippen LogP contribution in [0.4, 0.5) is 0 Å². The zero-order valence-electron chi connectivity index (χ0n) is 5.07. The molecule has 0 aromatic carbocycles. The maximum atomic E-state index is 10.3. The van der Waals surface area contributed by atoms with Gasteiger partial charge in [0.15, 0.2) is 0 Å². The van der Waals surface area contributed by atoms with Gasteiger partial charge in [0.25, 0.3) is 0 Å². The Morgan fingerprint density at radius 2 is 1.89 bits per heavy atom. The first kappa shape index (κ1) is 11.9. The molecule has 0 bridgehead atoms. The fourth-order valence-corrected chi connectivity index (χ4v) is 0.402. The number of primary sulfonamides is 1. The summed E-state index contributed by atoms with van der Waals surface area (Å²) >= 11 is 0. The molecule has 9 heavy (non-hydrogen) atoms. The number of sulfonamides is 1. The van der Waals surface area contributed by atoms with Gasteiger partial charge in [0.2, 0.25) is 10.0 Å². The highest BCUT2D eigenvalue weighted by Gasteiger charge is 2.11. The van der Waals surface area contributed by atoms with Gasteiger partial charge in [-0.15, -0.1) is 12.4 Å². The molecule has 0 spiro atoms. The lowest BCUT2D eigenvalue weighted by molar-refractivity contribution is 0.586. The van der Waals surface area contributed by atoms with Gasteiger partial charge >= 0.3 is 0 Å². The molecule has 0 aliphatic rings. The first-order chi connectivity index (χ1) is 3.48. The molecule has 0 fully saturated rings. The number of halogens is 1. The molecule has 1 atom stereocenters. The van der Waals surface area contributed by atoms with Crippen molar-refractivity contribution in [2.45, 2.75) is 12.2 Å². The summed E-state index contributed by atoms with van der Waals surface area (Å²) in [5, 5.41) is 4.06. The fourth-order valence-electron chi connectivity index (χ4n) is 0.134. The van der Waals surface area contributed by atoms with Crippen LogP contribution in [0.5, 0.6) is 0 Å². The second kappa shape index (κ2) is 4.05. The molecule has 58 valence electrons. The van der Waals surface area contributed by atoms with E-state index in [4.69, 9.17) is 5.73 Å². The third kappa shape index (κ3) is 4.65. The van der Waals surface area contributed by atoms with Crippen molar-refractivity contribution in [1.29, 1.82) is 0 Å². The third-order valence-corrected chi connectivity index (χ3v) is 2.21. The van der Waals surface area contributed by atoms with E-state index in [9.17, 15) is 8.42 Å². The molecular weight excluding hydrogens is 164 g/mol. The first-order valence-electron chi connectivity index (χ1n) is 2.20. The summed E-state index contributed by atoms with van der Waals surface area (Å²) in [5.74, 6) is 0. The van der Waals surface area contributed by atoms with Crippen molar-refractivity contribution in [2.24, 2.45) is 10.9 Å². The largest absolute Gasteiger partial charge is 0.329 e. The van der Waals surface area contributed by atoms with Crippen LogP contribution in [0.1, 0.15) is 6.92 Å². The average Bonchev–Trinajstić information content (AvgIpc) is 1.62. The Balaban J connectivity index is 0. The maximum Gasteiger partial charge on any atom is 0.212 e. The number of nitrogens with two attached hydrogens (primary N) is 2. The van der Waals surface area contributed by atoms with E-state index in [2.05, 4.69) is 5.14 Å². The molecule has 4 nitrogen and oxygen atoms in total. The minimum absolute atomic E-state index is 0. The smallest absolute Gasteiger partial charge is 0.212 e. The van der Waals surface area contributed by atoms with Crippen molar-refractivity contribution in [2.75, 3.05) is 6.54 Å². The van der Waals surface area contributed by atoms with E-state index in [1.165, 1.54) is 6.92 Å². The van der Waals surface area contributed by atoms with E-state index in [0.717, 1.165) is 0 Å². The second-order valence-corrected chi connectivity index (χ2v) is 3.62. The molecule has 0 heterocycles. The van der Waals surface area contributed by atoms with Gasteiger partial charge in [-0.3, -0.25) is 0 Å². The van der Waals surface area contributed by atoms with E-state index < -0.39 is 15.3 Å². The minimum atomic E-state index is -3.38. The Morgan fingerprint density at radius 1 is 1.56 bits per heavy atom. The summed E-state index contributed by atoms with van der Waals surface area (Å²) in [5.41, 5.74) is 5.00. The molecule has 0 saturated heterocycles. The summed E-state index contributed by atoms with van der Waals surface area (Å²) in [6, 6.07) is 0. The van der Waals surface area contributed by atoms with Crippen LogP contribution in [0.15, 0.2) is 0 Å². The van der Waals surface area contributed by atoms with Crippen LogP contribution in [-0.4, -0.2) is 20.2 Å². The topological polar surface area (TPSA) is 86.2 Å². The van der Waals surface area contributed by atoms with E-state index in [1.54, 1.807) is 0 Å². The first-order valence-corrected chi connectivity index (χ1v) is 3.81. The van der Waals surface area contributed by atoms with Gasteiger partial charge in [-0.1, -0.05) is 0 Å². The maximum absolute atomic E-state index is 10.3. The van der Waals surface area contributed by atoms with Gasteiger partial charge in [0.05, 0.1) is 5.25 Å².